The van der Waals surface area contributed by atoms with Crippen LogP contribution in [0.15, 0.2) is 53.8 Å². The van der Waals surface area contributed by atoms with E-state index >= 15 is 8.78 Å². The van der Waals surface area contributed by atoms with Crippen molar-refractivity contribution in [3.63, 3.8) is 0 Å². The smallest absolute Gasteiger partial charge is 0.339 e. The van der Waals surface area contributed by atoms with E-state index in [4.69, 9.17) is 4.74 Å². The molecular formula is C28H30F2O5S. The topological polar surface area (TPSA) is 80.7 Å². The zero-order valence-corrected chi connectivity index (χ0v) is 21.4. The van der Waals surface area contributed by atoms with E-state index in [1.165, 1.54) is 6.92 Å². The number of hydrogen-bond acceptors (Lipinski definition) is 5. The Kier molecular flexibility index (Phi) is 5.60. The summed E-state index contributed by atoms with van der Waals surface area (Å²) < 4.78 is 38.9. The van der Waals surface area contributed by atoms with Crippen LogP contribution in [0.3, 0.4) is 0 Å². The maximum atomic E-state index is 17.3. The minimum absolute atomic E-state index is 0.0343. The van der Waals surface area contributed by atoms with Gasteiger partial charge in [0.05, 0.1) is 11.0 Å². The molecule has 0 bridgehead atoms. The van der Waals surface area contributed by atoms with Crippen LogP contribution in [0.25, 0.3) is 0 Å². The number of allylic oxidation sites excluding steroid dienone is 3. The van der Waals surface area contributed by atoms with Crippen LogP contribution in [0.1, 0.15) is 56.8 Å². The van der Waals surface area contributed by atoms with Gasteiger partial charge >= 0.3 is 5.97 Å². The number of esters is 1. The number of carbonyl (C=O) groups is 3. The summed E-state index contributed by atoms with van der Waals surface area (Å²) in [6, 6.07) is 8.33. The van der Waals surface area contributed by atoms with E-state index in [1.54, 1.807) is 37.3 Å². The first-order chi connectivity index (χ1) is 16.8. The van der Waals surface area contributed by atoms with Crippen LogP contribution in [-0.4, -0.2) is 39.4 Å². The molecule has 3 saturated carbocycles. The van der Waals surface area contributed by atoms with Crippen LogP contribution in [0.4, 0.5) is 8.78 Å². The number of halogens is 2. The number of fused-ring (bicyclic) bond motifs is 5. The highest BCUT2D eigenvalue weighted by Crippen LogP contribution is 2.72. The monoisotopic (exact) mass is 516 g/mol. The molecule has 0 saturated heterocycles. The van der Waals surface area contributed by atoms with Crippen molar-refractivity contribution in [2.24, 2.45) is 28.6 Å². The number of aliphatic hydroxyl groups is 1. The van der Waals surface area contributed by atoms with Crippen molar-refractivity contribution >= 4 is 29.5 Å². The lowest BCUT2D eigenvalue weighted by molar-refractivity contribution is -0.184. The maximum absolute atomic E-state index is 17.3. The number of aliphatic hydroxyl groups excluding tert-OH is 1. The summed E-state index contributed by atoms with van der Waals surface area (Å²) in [6.07, 6.45) is 0.640. The van der Waals surface area contributed by atoms with Gasteiger partial charge in [0.1, 0.15) is 17.6 Å². The highest BCUT2D eigenvalue weighted by Gasteiger charge is 2.76. The van der Waals surface area contributed by atoms with Gasteiger partial charge in [-0.25, -0.2) is 13.6 Å². The van der Waals surface area contributed by atoms with Crippen LogP contribution in [0, 0.1) is 28.6 Å². The third-order valence-electron chi connectivity index (χ3n) is 9.93. The molecule has 36 heavy (non-hydrogen) atoms. The van der Waals surface area contributed by atoms with Crippen LogP contribution in [0.2, 0.25) is 0 Å². The lowest BCUT2D eigenvalue weighted by Crippen LogP contribution is -2.66. The van der Waals surface area contributed by atoms with E-state index in [2.05, 4.69) is 12.6 Å². The van der Waals surface area contributed by atoms with Crippen molar-refractivity contribution < 1.29 is 33.0 Å². The molecule has 0 aliphatic heterocycles. The first-order valence-electron chi connectivity index (χ1n) is 12.3. The van der Waals surface area contributed by atoms with Gasteiger partial charge < -0.3 is 9.84 Å². The van der Waals surface area contributed by atoms with Gasteiger partial charge in [0, 0.05) is 23.3 Å². The molecule has 8 heteroatoms. The van der Waals surface area contributed by atoms with Gasteiger partial charge in [-0.2, -0.15) is 0 Å². The largest absolute Gasteiger partial charge is 0.511 e. The van der Waals surface area contributed by atoms with E-state index in [1.807, 2.05) is 6.92 Å². The Bertz CT molecular complexity index is 1210. The van der Waals surface area contributed by atoms with E-state index < -0.39 is 68.7 Å². The molecule has 0 heterocycles. The Balaban J connectivity index is 1.59. The molecule has 4 aliphatic carbocycles. The second-order valence-corrected chi connectivity index (χ2v) is 11.7. The Morgan fingerprint density at radius 3 is 2.39 bits per heavy atom. The second-order valence-electron chi connectivity index (χ2n) is 11.3. The molecule has 192 valence electrons. The minimum Gasteiger partial charge on any atom is -0.511 e. The molecule has 1 aromatic carbocycles. The molecular weight excluding hydrogens is 486 g/mol. The minimum atomic E-state index is -2.05. The number of ketones is 1. The van der Waals surface area contributed by atoms with Gasteiger partial charge in [0.25, 0.3) is 0 Å². The summed E-state index contributed by atoms with van der Waals surface area (Å²) in [7, 11) is 0. The lowest BCUT2D eigenvalue weighted by atomic mass is 9.45. The average Bonchev–Trinajstić information content (AvgIpc) is 3.05. The number of hydrogen-bond donors (Lipinski definition) is 2. The SMILES string of the molecule is C[C@@H]1C[C@H]2[C@@H]3C[C@H](F)C4=CC(=O)C=C(O)[C@]4(C)[C@@]3(F)CC[C@]2(C)[C@@]1(OC(=O)c1ccccc1)C(=O)S. The number of alkyl halides is 2. The summed E-state index contributed by atoms with van der Waals surface area (Å²) in [5.41, 5.74) is -6.12. The summed E-state index contributed by atoms with van der Waals surface area (Å²) in [5.74, 6) is -3.59. The zero-order valence-electron chi connectivity index (χ0n) is 20.5. The third-order valence-corrected chi connectivity index (χ3v) is 10.3. The van der Waals surface area contributed by atoms with E-state index in [0.717, 1.165) is 12.2 Å². The maximum Gasteiger partial charge on any atom is 0.339 e. The Morgan fingerprint density at radius 1 is 1.08 bits per heavy atom. The normalized spacial score (nSPS) is 43.4. The van der Waals surface area contributed by atoms with Crippen LogP contribution in [-0.2, 0) is 14.3 Å². The molecule has 5 nitrogen and oxygen atoms in total. The number of carbonyl (C=O) groups excluding carboxylic acids is 3. The van der Waals surface area contributed by atoms with Gasteiger partial charge in [0.2, 0.25) is 5.12 Å². The fraction of sp³-hybridized carbons (Fsp3) is 0.536. The summed E-state index contributed by atoms with van der Waals surface area (Å²) in [4.78, 5) is 38.4. The quantitative estimate of drug-likeness (QED) is 0.409. The number of ether oxygens (including phenoxy) is 1. The highest BCUT2D eigenvalue weighted by molar-refractivity contribution is 7.96. The predicted octanol–water partition coefficient (Wildman–Crippen LogP) is 5.52. The Hall–Kier alpha value is -2.48. The first-order valence-corrected chi connectivity index (χ1v) is 12.8. The third kappa shape index (κ3) is 2.96. The van der Waals surface area contributed by atoms with Gasteiger partial charge in [-0.3, -0.25) is 9.59 Å². The van der Waals surface area contributed by atoms with Gasteiger partial charge in [-0.1, -0.05) is 32.0 Å². The van der Waals surface area contributed by atoms with E-state index in [0.29, 0.717) is 6.42 Å². The van der Waals surface area contributed by atoms with Crippen molar-refractivity contribution in [3.8, 4) is 0 Å². The van der Waals surface area contributed by atoms with Crippen molar-refractivity contribution in [1.82, 2.24) is 0 Å². The molecule has 1 aromatic rings. The van der Waals surface area contributed by atoms with Gasteiger partial charge in [-0.15, -0.1) is 12.6 Å². The van der Waals surface area contributed by atoms with E-state index in [-0.39, 0.29) is 30.4 Å². The van der Waals surface area contributed by atoms with Crippen LogP contribution < -0.4 is 0 Å². The molecule has 4 aliphatic rings. The molecule has 0 aromatic heterocycles. The number of thiol groups is 1. The number of rotatable bonds is 3. The Labute approximate surface area is 214 Å². The first kappa shape index (κ1) is 25.2. The van der Waals surface area contributed by atoms with Crippen molar-refractivity contribution in [2.45, 2.75) is 63.9 Å². The van der Waals surface area contributed by atoms with Crippen LogP contribution in [0.5, 0.6) is 0 Å². The lowest BCUT2D eigenvalue weighted by Gasteiger charge is -2.61. The molecule has 0 amide bonds. The Morgan fingerprint density at radius 2 is 1.75 bits per heavy atom. The van der Waals surface area contributed by atoms with Crippen molar-refractivity contribution in [3.05, 3.63) is 59.4 Å². The summed E-state index contributed by atoms with van der Waals surface area (Å²) in [5, 5.41) is 10.2. The second kappa shape index (κ2) is 8.01. The molecule has 0 radical (unpaired) electrons. The van der Waals surface area contributed by atoms with Gasteiger partial charge in [-0.05, 0) is 62.3 Å². The molecule has 0 unspecified atom stereocenters. The fourth-order valence-electron chi connectivity index (χ4n) is 8.01. The van der Waals surface area contributed by atoms with E-state index in [9.17, 15) is 19.5 Å². The standard InChI is InChI=1S/C28H30F2O5S/c1-15-11-18-19-14-21(29)20-12-17(31)13-22(32)26(20,3)27(19,30)10-9-25(18,2)28(15,24(34)36)35-23(33)16-7-5-4-6-8-16/h4-8,12-13,15,18-19,21,32H,9-11,14H2,1-3H3,(H,34,36)/t15-,18+,19+,21+,25+,26-,27-,28+/m1/s1. The molecule has 5 rings (SSSR count). The molecule has 0 spiro atoms. The average molecular weight is 517 g/mol. The number of benzene rings is 1. The van der Waals surface area contributed by atoms with Crippen molar-refractivity contribution in [2.75, 3.05) is 0 Å². The molecule has 3 fully saturated rings. The highest BCUT2D eigenvalue weighted by atomic mass is 32.1. The van der Waals surface area contributed by atoms with Crippen molar-refractivity contribution in [1.29, 1.82) is 0 Å². The van der Waals surface area contributed by atoms with Crippen LogP contribution >= 0.6 is 12.6 Å². The summed E-state index contributed by atoms with van der Waals surface area (Å²) in [6.45, 7) is 5.06. The molecule has 1 N–H and O–H groups in total. The van der Waals surface area contributed by atoms with Gasteiger partial charge in [0.15, 0.2) is 11.4 Å². The molecule has 8 atom stereocenters. The fourth-order valence-corrected chi connectivity index (χ4v) is 8.53. The zero-order chi connectivity index (χ0) is 26.3. The predicted molar refractivity (Wildman–Crippen MR) is 132 cm³/mol. The summed E-state index contributed by atoms with van der Waals surface area (Å²) >= 11 is 4.19.